The summed E-state index contributed by atoms with van der Waals surface area (Å²) < 4.78 is 3.26. The van der Waals surface area contributed by atoms with Crippen LogP contribution in [-0.4, -0.2) is 133 Å². The van der Waals surface area contributed by atoms with Crippen molar-refractivity contribution in [3.63, 3.8) is 0 Å². The number of allylic oxidation sites excluding steroid dienone is 1. The second-order valence-corrected chi connectivity index (χ2v) is 18.4. The van der Waals surface area contributed by atoms with Gasteiger partial charge in [-0.3, -0.25) is 29.4 Å². The van der Waals surface area contributed by atoms with Crippen molar-refractivity contribution in [1.29, 1.82) is 0 Å². The van der Waals surface area contributed by atoms with Crippen molar-refractivity contribution in [2.24, 2.45) is 5.92 Å². The van der Waals surface area contributed by atoms with Gasteiger partial charge in [-0.15, -0.1) is 6.58 Å². The number of hydrogen-bond donors (Lipinski definition) is 4. The normalized spacial score (nSPS) is 22.0. The molecule has 4 fully saturated rings. The second kappa shape index (κ2) is 18.1. The van der Waals surface area contributed by atoms with E-state index in [1.807, 2.05) is 37.3 Å². The number of aryl methyl sites for hydroxylation is 1. The number of aliphatic hydroxyl groups is 1. The number of likely N-dealkylation sites (tertiary alicyclic amines) is 1. The smallest absolute Gasteiger partial charge is 0.278 e. The molecular weight excluding hydrogens is 839 g/mol. The summed E-state index contributed by atoms with van der Waals surface area (Å²) in [6, 6.07) is 15.7. The molecule has 0 saturated carbocycles. The molecule has 0 spiro atoms. The molecule has 344 valence electrons. The predicted octanol–water partition coefficient (Wildman–Crippen LogP) is 3.10. The van der Waals surface area contributed by atoms with Gasteiger partial charge in [0.05, 0.1) is 24.1 Å². The summed E-state index contributed by atoms with van der Waals surface area (Å²) in [5.41, 5.74) is 4.12. The number of amides is 3. The fourth-order valence-electron chi connectivity index (χ4n) is 10.3. The lowest BCUT2D eigenvalue weighted by Crippen LogP contribution is -2.55. The number of benzene rings is 1. The van der Waals surface area contributed by atoms with E-state index in [-0.39, 0.29) is 30.1 Å². The SMILES string of the molecule is C=CCn1c(=O)c2cnc(Nc3ccc(N4CCN(C5CCN(CC6CN(c7ccc(C(=O)NC8CCC(=O)NC8=O)nc7)C6)CC5)CC4)cc3)nc2n1-c1ccc2c(n1)[C@@](O)(CC)CC2. The summed E-state index contributed by atoms with van der Waals surface area (Å²) >= 11 is 0. The summed E-state index contributed by atoms with van der Waals surface area (Å²) in [5, 5.41) is 19.9. The number of pyridine rings is 2. The Bertz CT molecular complexity index is 2700. The van der Waals surface area contributed by atoms with Gasteiger partial charge in [-0.2, -0.15) is 4.98 Å². The van der Waals surface area contributed by atoms with Crippen molar-refractivity contribution in [3.8, 4) is 5.82 Å². The van der Waals surface area contributed by atoms with Gasteiger partial charge in [-0.05, 0) is 99.6 Å². The number of carbonyl (C=O) groups is 3. The lowest BCUT2D eigenvalue weighted by Gasteiger charge is -2.46. The number of piperazine rings is 1. The average Bonchev–Trinajstić information content (AvgIpc) is 3.80. The molecular formula is C48H57N13O5. The fourth-order valence-corrected chi connectivity index (χ4v) is 10.3. The van der Waals surface area contributed by atoms with Crippen molar-refractivity contribution in [3.05, 3.63) is 101 Å². The van der Waals surface area contributed by atoms with Gasteiger partial charge >= 0.3 is 0 Å². The Morgan fingerprint density at radius 3 is 2.38 bits per heavy atom. The van der Waals surface area contributed by atoms with Crippen LogP contribution in [0.5, 0.6) is 0 Å². The van der Waals surface area contributed by atoms with E-state index in [1.54, 1.807) is 33.9 Å². The van der Waals surface area contributed by atoms with Crippen LogP contribution in [0, 0.1) is 5.92 Å². The van der Waals surface area contributed by atoms with Crippen LogP contribution in [0.2, 0.25) is 0 Å². The molecule has 18 nitrogen and oxygen atoms in total. The number of imide groups is 1. The minimum atomic E-state index is -0.993. The zero-order valence-electron chi connectivity index (χ0n) is 37.4. The number of fused-ring (bicyclic) bond motifs is 2. The second-order valence-electron chi connectivity index (χ2n) is 18.4. The van der Waals surface area contributed by atoms with Gasteiger partial charge in [0, 0.05) is 81.8 Å². The number of nitrogens with one attached hydrogen (secondary N) is 3. The monoisotopic (exact) mass is 895 g/mol. The first-order chi connectivity index (χ1) is 32.0. The third kappa shape index (κ3) is 8.55. The molecule has 2 atom stereocenters. The van der Waals surface area contributed by atoms with Gasteiger partial charge in [0.1, 0.15) is 22.7 Å². The molecule has 4 N–H and O–H groups in total. The van der Waals surface area contributed by atoms with Gasteiger partial charge in [-0.1, -0.05) is 19.1 Å². The van der Waals surface area contributed by atoms with E-state index in [1.165, 1.54) is 18.5 Å². The summed E-state index contributed by atoms with van der Waals surface area (Å²) in [7, 11) is 0. The van der Waals surface area contributed by atoms with Crippen LogP contribution >= 0.6 is 0 Å². The zero-order valence-corrected chi connectivity index (χ0v) is 37.4. The van der Waals surface area contributed by atoms with Crippen molar-refractivity contribution in [1.82, 2.24) is 49.7 Å². The third-order valence-electron chi connectivity index (χ3n) is 14.2. The molecule has 8 heterocycles. The molecule has 0 bridgehead atoms. The molecule has 5 aromatic rings. The Labute approximate surface area is 382 Å². The van der Waals surface area contributed by atoms with Crippen molar-refractivity contribution in [2.75, 3.05) is 74.0 Å². The topological polar surface area (TPSA) is 199 Å². The minimum Gasteiger partial charge on any atom is -0.384 e. The summed E-state index contributed by atoms with van der Waals surface area (Å²) in [4.78, 5) is 78.3. The third-order valence-corrected chi connectivity index (χ3v) is 14.2. The molecule has 66 heavy (non-hydrogen) atoms. The lowest BCUT2D eigenvalue weighted by atomic mass is 9.96. The first-order valence-electron chi connectivity index (χ1n) is 23.3. The first-order valence-corrected chi connectivity index (χ1v) is 23.3. The standard InChI is InChI=1S/C48H57N13O5/c1-3-19-60-46(65)37-27-50-47(55-43(37)61(60)40-13-5-32-15-18-48(66,4-2)42(32)53-40)51-33-6-8-34(9-7-33)57-22-24-58(25-23-57)35-16-20-56(21-17-35)28-31-29-59(30-31)36-10-11-38(49-26-36)44(63)52-39-12-14-41(62)54-45(39)64/h3,5-11,13,26-27,31,35,39,66H,1,4,12,14-25,28-30H2,2H3,(H,52,63)(H,50,51,55)(H,54,62,64)/t39?,48-/m1/s1. The molecule has 1 aliphatic carbocycles. The van der Waals surface area contributed by atoms with E-state index in [0.717, 1.165) is 82.3 Å². The largest absolute Gasteiger partial charge is 0.384 e. The lowest BCUT2D eigenvalue weighted by molar-refractivity contribution is -0.134. The highest BCUT2D eigenvalue weighted by Gasteiger charge is 2.38. The van der Waals surface area contributed by atoms with Crippen LogP contribution in [0.4, 0.5) is 23.0 Å². The predicted molar refractivity (Wildman–Crippen MR) is 250 cm³/mol. The molecule has 4 saturated heterocycles. The van der Waals surface area contributed by atoms with Gasteiger partial charge in [0.2, 0.25) is 17.8 Å². The highest BCUT2D eigenvalue weighted by Crippen LogP contribution is 2.38. The van der Waals surface area contributed by atoms with Crippen molar-refractivity contribution >= 4 is 51.8 Å². The Morgan fingerprint density at radius 2 is 1.67 bits per heavy atom. The Morgan fingerprint density at radius 1 is 0.894 bits per heavy atom. The number of rotatable bonds is 13. The van der Waals surface area contributed by atoms with E-state index < -0.39 is 23.5 Å². The summed E-state index contributed by atoms with van der Waals surface area (Å²) in [5.74, 6) is 0.247. The van der Waals surface area contributed by atoms with E-state index in [0.29, 0.717) is 59.7 Å². The highest BCUT2D eigenvalue weighted by molar-refractivity contribution is 6.03. The number of anilines is 4. The molecule has 10 rings (SSSR count). The van der Waals surface area contributed by atoms with Gasteiger partial charge in [0.25, 0.3) is 11.5 Å². The van der Waals surface area contributed by atoms with Crippen LogP contribution in [0.1, 0.15) is 67.2 Å². The molecule has 3 amide bonds. The quantitative estimate of drug-likeness (QED) is 0.0994. The van der Waals surface area contributed by atoms with Crippen LogP contribution in [0.25, 0.3) is 16.9 Å². The number of hydrogen-bond acceptors (Lipinski definition) is 14. The van der Waals surface area contributed by atoms with Gasteiger partial charge in [-0.25, -0.2) is 24.3 Å². The van der Waals surface area contributed by atoms with Crippen LogP contribution in [0.15, 0.2) is 78.4 Å². The number of carbonyl (C=O) groups excluding carboxylic acids is 3. The molecule has 18 heteroatoms. The summed E-state index contributed by atoms with van der Waals surface area (Å²) in [6.07, 6.45) is 9.74. The molecule has 1 aromatic carbocycles. The van der Waals surface area contributed by atoms with Crippen molar-refractivity contribution in [2.45, 2.75) is 76.1 Å². The van der Waals surface area contributed by atoms with Crippen LogP contribution < -0.4 is 31.3 Å². The minimum absolute atomic E-state index is 0.205. The molecule has 4 aliphatic heterocycles. The molecule has 5 aliphatic rings. The molecule has 0 radical (unpaired) electrons. The average molecular weight is 896 g/mol. The van der Waals surface area contributed by atoms with E-state index in [2.05, 4.69) is 64.2 Å². The highest BCUT2D eigenvalue weighted by atomic mass is 16.3. The first kappa shape index (κ1) is 43.4. The Kier molecular flexibility index (Phi) is 11.9. The number of nitrogens with zero attached hydrogens (tertiary/aromatic N) is 10. The molecule has 1 unspecified atom stereocenters. The van der Waals surface area contributed by atoms with Gasteiger partial charge in [0.15, 0.2) is 11.5 Å². The maximum Gasteiger partial charge on any atom is 0.278 e. The Hall–Kier alpha value is -6.50. The summed E-state index contributed by atoms with van der Waals surface area (Å²) in [6.45, 7) is 15.3. The Balaban J connectivity index is 0.683. The maximum atomic E-state index is 13.6. The fraction of sp³-hybridized carbons (Fsp3) is 0.458. The maximum absolute atomic E-state index is 13.6. The van der Waals surface area contributed by atoms with Crippen molar-refractivity contribution < 1.29 is 19.5 Å². The number of aromatic nitrogens is 6. The number of piperidine rings is 2. The van der Waals surface area contributed by atoms with Gasteiger partial charge < -0.3 is 30.4 Å². The zero-order chi connectivity index (χ0) is 45.5. The van der Waals surface area contributed by atoms with Crippen LogP contribution in [-0.2, 0) is 28.2 Å². The van der Waals surface area contributed by atoms with Crippen LogP contribution in [0.3, 0.4) is 0 Å². The molecule has 4 aromatic heterocycles. The van der Waals surface area contributed by atoms with E-state index >= 15 is 0 Å². The van der Waals surface area contributed by atoms with E-state index in [9.17, 15) is 24.3 Å². The van der Waals surface area contributed by atoms with E-state index in [4.69, 9.17) is 9.97 Å².